The molecule has 0 aromatic carbocycles. The van der Waals surface area contributed by atoms with Gasteiger partial charge in [-0.2, -0.15) is 0 Å². The molecule has 1 rings (SSSR count). The van der Waals surface area contributed by atoms with Gasteiger partial charge in [0.25, 0.3) is 0 Å². The van der Waals surface area contributed by atoms with Crippen molar-refractivity contribution in [2.45, 2.75) is 64.1 Å². The molecule has 0 spiro atoms. The molecule has 96 valence electrons. The minimum atomic E-state index is 0.335. The molecule has 0 heterocycles. The number of methoxy groups -OCH3 is 1. The van der Waals surface area contributed by atoms with Gasteiger partial charge in [-0.15, -0.1) is 0 Å². The lowest BCUT2D eigenvalue weighted by Crippen LogP contribution is -2.44. The van der Waals surface area contributed by atoms with Crippen molar-refractivity contribution < 1.29 is 4.74 Å². The minimum absolute atomic E-state index is 0.335. The number of nitrogens with two attached hydrogens (primary N) is 1. The van der Waals surface area contributed by atoms with Gasteiger partial charge in [-0.3, -0.25) is 4.90 Å². The van der Waals surface area contributed by atoms with Crippen molar-refractivity contribution in [1.82, 2.24) is 4.90 Å². The first-order valence-electron chi connectivity index (χ1n) is 6.69. The lowest BCUT2D eigenvalue weighted by Gasteiger charge is -2.37. The van der Waals surface area contributed by atoms with Crippen LogP contribution in [0.1, 0.15) is 46.0 Å². The van der Waals surface area contributed by atoms with Crippen molar-refractivity contribution in [3.63, 3.8) is 0 Å². The molecule has 1 unspecified atom stereocenters. The van der Waals surface area contributed by atoms with Gasteiger partial charge in [0.15, 0.2) is 0 Å². The molecule has 1 fully saturated rings. The number of nitrogens with zero attached hydrogens (tertiary/aromatic N) is 1. The Hall–Kier alpha value is -0.120. The number of rotatable bonds is 6. The molecular formula is C13H28N2O. The van der Waals surface area contributed by atoms with Crippen molar-refractivity contribution in [3.05, 3.63) is 0 Å². The highest BCUT2D eigenvalue weighted by Crippen LogP contribution is 2.22. The first-order chi connectivity index (χ1) is 7.67. The zero-order valence-corrected chi connectivity index (χ0v) is 11.1. The summed E-state index contributed by atoms with van der Waals surface area (Å²) in [4.78, 5) is 2.60. The van der Waals surface area contributed by atoms with Gasteiger partial charge in [0.1, 0.15) is 0 Å². The molecule has 0 aromatic heterocycles. The first kappa shape index (κ1) is 13.9. The third-order valence-electron chi connectivity index (χ3n) is 3.66. The van der Waals surface area contributed by atoms with Crippen LogP contribution in [0.25, 0.3) is 0 Å². The summed E-state index contributed by atoms with van der Waals surface area (Å²) in [5.74, 6) is 0. The SMILES string of the molecule is CCCN(CC(C)OC)C1CCC(N)CC1. The fraction of sp³-hybridized carbons (Fsp3) is 1.00. The van der Waals surface area contributed by atoms with Gasteiger partial charge in [0, 0.05) is 25.7 Å². The van der Waals surface area contributed by atoms with Crippen molar-refractivity contribution in [1.29, 1.82) is 0 Å². The summed E-state index contributed by atoms with van der Waals surface area (Å²) in [6.45, 7) is 6.65. The molecule has 0 amide bonds. The summed E-state index contributed by atoms with van der Waals surface area (Å²) in [5.41, 5.74) is 5.96. The predicted octanol–water partition coefficient (Wildman–Crippen LogP) is 2.00. The van der Waals surface area contributed by atoms with Crippen LogP contribution in [0.5, 0.6) is 0 Å². The monoisotopic (exact) mass is 228 g/mol. The van der Waals surface area contributed by atoms with E-state index in [9.17, 15) is 0 Å². The topological polar surface area (TPSA) is 38.5 Å². The van der Waals surface area contributed by atoms with Crippen molar-refractivity contribution in [3.8, 4) is 0 Å². The molecule has 0 bridgehead atoms. The Labute approximate surface area is 100 Å². The van der Waals surface area contributed by atoms with Crippen LogP contribution in [-0.4, -0.2) is 43.3 Å². The second-order valence-electron chi connectivity index (χ2n) is 5.11. The summed E-state index contributed by atoms with van der Waals surface area (Å²) in [6, 6.07) is 1.18. The number of hydrogen-bond donors (Lipinski definition) is 1. The average Bonchev–Trinajstić information content (AvgIpc) is 2.29. The third-order valence-corrected chi connectivity index (χ3v) is 3.66. The Kier molecular flexibility index (Phi) is 6.32. The third kappa shape index (κ3) is 4.40. The maximum atomic E-state index is 5.96. The summed E-state index contributed by atoms with van der Waals surface area (Å²) in [6.07, 6.45) is 6.45. The van der Waals surface area contributed by atoms with Crippen molar-refractivity contribution in [2.75, 3.05) is 20.2 Å². The molecule has 16 heavy (non-hydrogen) atoms. The molecule has 0 aliphatic heterocycles. The van der Waals surface area contributed by atoms with E-state index in [4.69, 9.17) is 10.5 Å². The fourth-order valence-electron chi connectivity index (χ4n) is 2.58. The zero-order chi connectivity index (χ0) is 12.0. The fourth-order valence-corrected chi connectivity index (χ4v) is 2.58. The Morgan fingerprint density at radius 2 is 1.94 bits per heavy atom. The highest BCUT2D eigenvalue weighted by Gasteiger charge is 2.24. The molecule has 3 heteroatoms. The summed E-state index contributed by atoms with van der Waals surface area (Å²) in [7, 11) is 1.80. The van der Waals surface area contributed by atoms with E-state index in [2.05, 4.69) is 18.7 Å². The Bertz CT molecular complexity index is 179. The Morgan fingerprint density at radius 3 is 2.44 bits per heavy atom. The van der Waals surface area contributed by atoms with Crippen LogP contribution in [-0.2, 0) is 4.74 Å². The smallest absolute Gasteiger partial charge is 0.0670 e. The van der Waals surface area contributed by atoms with Crippen LogP contribution in [0.3, 0.4) is 0 Å². The lowest BCUT2D eigenvalue weighted by molar-refractivity contribution is 0.0494. The van der Waals surface area contributed by atoms with Gasteiger partial charge in [-0.05, 0) is 45.6 Å². The van der Waals surface area contributed by atoms with Crippen molar-refractivity contribution >= 4 is 0 Å². The molecule has 1 saturated carbocycles. The van der Waals surface area contributed by atoms with Crippen LogP contribution in [0.15, 0.2) is 0 Å². The summed E-state index contributed by atoms with van der Waals surface area (Å²) >= 11 is 0. The Morgan fingerprint density at radius 1 is 1.31 bits per heavy atom. The molecule has 1 aliphatic carbocycles. The van der Waals surface area contributed by atoms with Gasteiger partial charge >= 0.3 is 0 Å². The van der Waals surface area contributed by atoms with Gasteiger partial charge in [0.05, 0.1) is 6.10 Å². The maximum Gasteiger partial charge on any atom is 0.0670 e. The van der Waals surface area contributed by atoms with E-state index in [0.717, 1.165) is 12.6 Å². The maximum absolute atomic E-state index is 5.96. The van der Waals surface area contributed by atoms with E-state index >= 15 is 0 Å². The first-order valence-corrected chi connectivity index (χ1v) is 6.69. The summed E-state index contributed by atoms with van der Waals surface area (Å²) < 4.78 is 5.37. The van der Waals surface area contributed by atoms with E-state index in [1.807, 2.05) is 0 Å². The summed E-state index contributed by atoms with van der Waals surface area (Å²) in [5, 5.41) is 0. The van der Waals surface area contributed by atoms with Crippen LogP contribution in [0.2, 0.25) is 0 Å². The van der Waals surface area contributed by atoms with Gasteiger partial charge in [-0.1, -0.05) is 6.92 Å². The van der Waals surface area contributed by atoms with E-state index in [1.165, 1.54) is 38.6 Å². The molecular weight excluding hydrogens is 200 g/mol. The molecule has 1 atom stereocenters. The predicted molar refractivity (Wildman–Crippen MR) is 68.6 cm³/mol. The Balaban J connectivity index is 2.42. The second kappa shape index (κ2) is 7.25. The van der Waals surface area contributed by atoms with Crippen molar-refractivity contribution in [2.24, 2.45) is 5.73 Å². The normalized spacial score (nSPS) is 28.3. The van der Waals surface area contributed by atoms with Crippen LogP contribution >= 0.6 is 0 Å². The van der Waals surface area contributed by atoms with E-state index in [-0.39, 0.29) is 0 Å². The van der Waals surface area contributed by atoms with Gasteiger partial charge in [0.2, 0.25) is 0 Å². The lowest BCUT2D eigenvalue weighted by atomic mass is 9.90. The average molecular weight is 228 g/mol. The molecule has 0 saturated heterocycles. The second-order valence-corrected chi connectivity index (χ2v) is 5.11. The quantitative estimate of drug-likeness (QED) is 0.756. The van der Waals surface area contributed by atoms with Gasteiger partial charge in [-0.25, -0.2) is 0 Å². The highest BCUT2D eigenvalue weighted by molar-refractivity contribution is 4.81. The van der Waals surface area contributed by atoms with E-state index < -0.39 is 0 Å². The standard InChI is InChI=1S/C13H28N2O/c1-4-9-15(10-11(2)16-3)13-7-5-12(14)6-8-13/h11-13H,4-10,14H2,1-3H3. The van der Waals surface area contributed by atoms with E-state index in [0.29, 0.717) is 12.1 Å². The highest BCUT2D eigenvalue weighted by atomic mass is 16.5. The molecule has 3 nitrogen and oxygen atoms in total. The largest absolute Gasteiger partial charge is 0.380 e. The number of ether oxygens (including phenoxy) is 1. The zero-order valence-electron chi connectivity index (χ0n) is 11.1. The van der Waals surface area contributed by atoms with Crippen LogP contribution in [0.4, 0.5) is 0 Å². The molecule has 0 radical (unpaired) electrons. The van der Waals surface area contributed by atoms with Gasteiger partial charge < -0.3 is 10.5 Å². The molecule has 2 N–H and O–H groups in total. The minimum Gasteiger partial charge on any atom is -0.380 e. The molecule has 0 aromatic rings. The number of hydrogen-bond acceptors (Lipinski definition) is 3. The van der Waals surface area contributed by atoms with Crippen LogP contribution in [0, 0.1) is 0 Å². The van der Waals surface area contributed by atoms with Crippen LogP contribution < -0.4 is 5.73 Å². The molecule has 1 aliphatic rings. The van der Waals surface area contributed by atoms with E-state index in [1.54, 1.807) is 7.11 Å².